The lowest BCUT2D eigenvalue weighted by Crippen LogP contribution is -2.34. The van der Waals surface area contributed by atoms with Gasteiger partial charge < -0.3 is 4.90 Å². The van der Waals surface area contributed by atoms with E-state index < -0.39 is 0 Å². The second-order valence-electron chi connectivity index (χ2n) is 4.63. The zero-order valence-electron chi connectivity index (χ0n) is 9.79. The number of hydrogen-bond acceptors (Lipinski definition) is 3. The van der Waals surface area contributed by atoms with Crippen LogP contribution in [0, 0.1) is 5.92 Å². The summed E-state index contributed by atoms with van der Waals surface area (Å²) in [6, 6.07) is 0. The Labute approximate surface area is 110 Å². The maximum atomic E-state index is 4.45. The van der Waals surface area contributed by atoms with Crippen LogP contribution in [-0.4, -0.2) is 29.5 Å². The van der Waals surface area contributed by atoms with E-state index in [1.807, 2.05) is 17.5 Å². The lowest BCUT2D eigenvalue weighted by molar-refractivity contribution is 0.194. The third kappa shape index (κ3) is 3.54. The van der Waals surface area contributed by atoms with Crippen molar-refractivity contribution in [2.24, 2.45) is 5.92 Å². The van der Waals surface area contributed by atoms with Crippen LogP contribution < -0.4 is 0 Å². The molecule has 0 saturated carbocycles. The van der Waals surface area contributed by atoms with Gasteiger partial charge in [-0.3, -0.25) is 0 Å². The Balaban J connectivity index is 1.74. The molecule has 0 atom stereocenters. The van der Waals surface area contributed by atoms with Gasteiger partial charge in [-0.05, 0) is 31.8 Å². The Kier molecular flexibility index (Phi) is 4.79. The van der Waals surface area contributed by atoms with Gasteiger partial charge in [-0.25, -0.2) is 4.98 Å². The molecule has 0 aliphatic carbocycles. The molecule has 0 N–H and O–H groups in total. The minimum atomic E-state index is 0.927. The number of aromatic nitrogens is 1. The summed E-state index contributed by atoms with van der Waals surface area (Å²) in [5.41, 5.74) is 0. The van der Waals surface area contributed by atoms with Crippen LogP contribution in [-0.2, 0) is 11.8 Å². The fraction of sp³-hybridized carbons (Fsp3) is 0.750. The molecule has 0 aromatic carbocycles. The second kappa shape index (κ2) is 6.12. The first-order chi connectivity index (χ1) is 7.78. The molecule has 0 amide bonds. The summed E-state index contributed by atoms with van der Waals surface area (Å²) < 4.78 is 0. The molecule has 1 fully saturated rings. The summed E-state index contributed by atoms with van der Waals surface area (Å²) in [6.45, 7) is 6.10. The smallest absolute Gasteiger partial charge is 0.0940 e. The Bertz CT molecular complexity index is 319. The molecule has 2 nitrogen and oxygen atoms in total. The van der Waals surface area contributed by atoms with Crippen molar-refractivity contribution in [1.82, 2.24) is 9.88 Å². The van der Waals surface area contributed by atoms with Crippen molar-refractivity contribution in [1.29, 1.82) is 0 Å². The highest BCUT2D eigenvalue weighted by Crippen LogP contribution is 2.19. The Morgan fingerprint density at radius 2 is 2.25 bits per heavy atom. The molecule has 1 aromatic rings. The monoisotopic (exact) mass is 302 g/mol. The van der Waals surface area contributed by atoms with Crippen LogP contribution in [0.4, 0.5) is 0 Å². The van der Waals surface area contributed by atoms with E-state index in [9.17, 15) is 0 Å². The van der Waals surface area contributed by atoms with Crippen LogP contribution in [0.15, 0.2) is 6.20 Å². The summed E-state index contributed by atoms with van der Waals surface area (Å²) in [5, 5.41) is 2.22. The quantitative estimate of drug-likeness (QED) is 0.793. The van der Waals surface area contributed by atoms with Crippen LogP contribution >= 0.6 is 27.3 Å². The molecule has 0 spiro atoms. The van der Waals surface area contributed by atoms with Crippen LogP contribution in [0.2, 0.25) is 0 Å². The Morgan fingerprint density at radius 3 is 2.88 bits per heavy atom. The highest BCUT2D eigenvalue weighted by molar-refractivity contribution is 9.08. The molecule has 1 saturated heterocycles. The SMILES string of the molecule is CC1CCN(CCc2ncc(CBr)s2)CC1. The maximum Gasteiger partial charge on any atom is 0.0940 e. The van der Waals surface area contributed by atoms with E-state index in [1.165, 1.54) is 42.4 Å². The molecule has 0 radical (unpaired) electrons. The summed E-state index contributed by atoms with van der Waals surface area (Å²) >= 11 is 5.30. The molecule has 4 heteroatoms. The highest BCUT2D eigenvalue weighted by Gasteiger charge is 2.15. The van der Waals surface area contributed by atoms with Gasteiger partial charge in [0.15, 0.2) is 0 Å². The first-order valence-corrected chi connectivity index (χ1v) is 7.93. The van der Waals surface area contributed by atoms with Gasteiger partial charge >= 0.3 is 0 Å². The minimum absolute atomic E-state index is 0.927. The van der Waals surface area contributed by atoms with Crippen molar-refractivity contribution in [3.63, 3.8) is 0 Å². The third-order valence-electron chi connectivity index (χ3n) is 3.25. The summed E-state index contributed by atoms with van der Waals surface area (Å²) in [6.07, 6.45) is 5.84. The van der Waals surface area contributed by atoms with E-state index in [2.05, 4.69) is 32.7 Å². The van der Waals surface area contributed by atoms with Crippen molar-refractivity contribution >= 4 is 27.3 Å². The number of likely N-dealkylation sites (tertiary alicyclic amines) is 1. The van der Waals surface area contributed by atoms with Crippen molar-refractivity contribution in [2.75, 3.05) is 19.6 Å². The average molecular weight is 303 g/mol. The van der Waals surface area contributed by atoms with E-state index >= 15 is 0 Å². The molecule has 1 aliphatic rings. The Hall–Kier alpha value is 0.0700. The summed E-state index contributed by atoms with van der Waals surface area (Å²) in [7, 11) is 0. The van der Waals surface area contributed by atoms with Crippen LogP contribution in [0.1, 0.15) is 29.7 Å². The van der Waals surface area contributed by atoms with Crippen molar-refractivity contribution in [3.8, 4) is 0 Å². The molecular weight excluding hydrogens is 284 g/mol. The number of hydrogen-bond donors (Lipinski definition) is 0. The van der Waals surface area contributed by atoms with Gasteiger partial charge in [0.05, 0.1) is 5.01 Å². The molecule has 1 aromatic heterocycles. The largest absolute Gasteiger partial charge is 0.303 e. The number of rotatable bonds is 4. The summed E-state index contributed by atoms with van der Waals surface area (Å²) in [5.74, 6) is 0.927. The zero-order valence-corrected chi connectivity index (χ0v) is 12.2. The predicted molar refractivity (Wildman–Crippen MR) is 73.3 cm³/mol. The summed E-state index contributed by atoms with van der Waals surface area (Å²) in [4.78, 5) is 8.36. The first-order valence-electron chi connectivity index (χ1n) is 6.00. The average Bonchev–Trinajstić information content (AvgIpc) is 2.76. The molecule has 0 bridgehead atoms. The highest BCUT2D eigenvalue weighted by atomic mass is 79.9. The van der Waals surface area contributed by atoms with Crippen molar-refractivity contribution in [2.45, 2.75) is 31.5 Å². The van der Waals surface area contributed by atoms with E-state index in [0.717, 1.165) is 17.7 Å². The number of piperidine rings is 1. The molecule has 1 aliphatic heterocycles. The second-order valence-corrected chi connectivity index (χ2v) is 6.39. The van der Waals surface area contributed by atoms with E-state index in [0.29, 0.717) is 0 Å². The topological polar surface area (TPSA) is 16.1 Å². The fourth-order valence-corrected chi connectivity index (χ4v) is 3.31. The van der Waals surface area contributed by atoms with Crippen LogP contribution in [0.25, 0.3) is 0 Å². The van der Waals surface area contributed by atoms with Crippen LogP contribution in [0.5, 0.6) is 0 Å². The van der Waals surface area contributed by atoms with Crippen molar-refractivity contribution in [3.05, 3.63) is 16.1 Å². The van der Waals surface area contributed by atoms with Gasteiger partial charge in [-0.2, -0.15) is 0 Å². The predicted octanol–water partition coefficient (Wildman–Crippen LogP) is 3.31. The standard InChI is InChI=1S/C12H19BrN2S/c1-10-2-5-15(6-3-10)7-4-12-14-9-11(8-13)16-12/h9-10H,2-8H2,1H3. The van der Waals surface area contributed by atoms with Crippen LogP contribution in [0.3, 0.4) is 0 Å². The van der Waals surface area contributed by atoms with E-state index in [-0.39, 0.29) is 0 Å². The molecule has 0 unspecified atom stereocenters. The fourth-order valence-electron chi connectivity index (χ4n) is 2.06. The number of halogens is 1. The van der Waals surface area contributed by atoms with E-state index in [4.69, 9.17) is 0 Å². The number of thiazole rings is 1. The minimum Gasteiger partial charge on any atom is -0.303 e. The van der Waals surface area contributed by atoms with Gasteiger partial charge in [0, 0.05) is 29.4 Å². The lowest BCUT2D eigenvalue weighted by Gasteiger charge is -2.29. The lowest BCUT2D eigenvalue weighted by atomic mass is 9.99. The maximum absolute atomic E-state index is 4.45. The Morgan fingerprint density at radius 1 is 1.50 bits per heavy atom. The van der Waals surface area contributed by atoms with Gasteiger partial charge in [-0.15, -0.1) is 11.3 Å². The van der Waals surface area contributed by atoms with E-state index in [1.54, 1.807) is 0 Å². The molecule has 2 rings (SSSR count). The van der Waals surface area contributed by atoms with Crippen molar-refractivity contribution < 1.29 is 0 Å². The number of nitrogens with zero attached hydrogens (tertiary/aromatic N) is 2. The van der Waals surface area contributed by atoms with Gasteiger partial charge in [0.2, 0.25) is 0 Å². The van der Waals surface area contributed by atoms with Gasteiger partial charge in [0.25, 0.3) is 0 Å². The molecular formula is C12H19BrN2S. The van der Waals surface area contributed by atoms with Gasteiger partial charge in [-0.1, -0.05) is 22.9 Å². The molecule has 2 heterocycles. The molecule has 90 valence electrons. The number of alkyl halides is 1. The molecule has 16 heavy (non-hydrogen) atoms. The van der Waals surface area contributed by atoms with Gasteiger partial charge in [0.1, 0.15) is 0 Å². The normalized spacial score (nSPS) is 19.1. The first kappa shape index (κ1) is 12.5. The third-order valence-corrected chi connectivity index (χ3v) is 5.28. The zero-order chi connectivity index (χ0) is 11.4.